The lowest BCUT2D eigenvalue weighted by atomic mass is 10.1. The Labute approximate surface area is 180 Å². The van der Waals surface area contributed by atoms with Gasteiger partial charge in [0.15, 0.2) is 0 Å². The van der Waals surface area contributed by atoms with Crippen LogP contribution in [0.4, 0.5) is 13.2 Å². The highest BCUT2D eigenvalue weighted by molar-refractivity contribution is 7.99. The second-order valence-corrected chi connectivity index (χ2v) is 8.64. The molecule has 1 N–H and O–H groups in total. The van der Waals surface area contributed by atoms with E-state index in [0.717, 1.165) is 28.3 Å². The van der Waals surface area contributed by atoms with Gasteiger partial charge >= 0.3 is 6.18 Å². The summed E-state index contributed by atoms with van der Waals surface area (Å²) < 4.78 is 47.3. The fraction of sp³-hybridized carbons (Fsp3) is 0.238. The van der Waals surface area contributed by atoms with Gasteiger partial charge in [-0.15, -0.1) is 0 Å². The molecule has 3 aromatic rings. The van der Waals surface area contributed by atoms with E-state index >= 15 is 0 Å². The molecule has 0 unspecified atom stereocenters. The molecule has 0 saturated heterocycles. The Balaban J connectivity index is 1.60. The first kappa shape index (κ1) is 21.0. The van der Waals surface area contributed by atoms with E-state index in [9.17, 15) is 13.2 Å². The van der Waals surface area contributed by atoms with Crippen molar-refractivity contribution in [1.29, 1.82) is 0 Å². The molecule has 0 atom stereocenters. The molecule has 1 fully saturated rings. The third kappa shape index (κ3) is 5.08. The molecule has 30 heavy (non-hydrogen) atoms. The second-order valence-electron chi connectivity index (χ2n) is 6.69. The average Bonchev–Trinajstić information content (AvgIpc) is 3.57. The quantitative estimate of drug-likeness (QED) is 0.441. The van der Waals surface area contributed by atoms with Crippen molar-refractivity contribution >= 4 is 23.7 Å². The van der Waals surface area contributed by atoms with Gasteiger partial charge in [-0.2, -0.15) is 13.2 Å². The van der Waals surface area contributed by atoms with E-state index in [2.05, 4.69) is 14.7 Å². The maximum Gasteiger partial charge on any atom is 0.416 e. The van der Waals surface area contributed by atoms with Crippen LogP contribution in [0.5, 0.6) is 5.75 Å². The Morgan fingerprint density at radius 2 is 1.77 bits per heavy atom. The molecule has 0 amide bonds. The van der Waals surface area contributed by atoms with Crippen molar-refractivity contribution in [2.24, 2.45) is 0 Å². The summed E-state index contributed by atoms with van der Waals surface area (Å²) in [6.45, 7) is 0. The first-order valence-corrected chi connectivity index (χ1v) is 10.8. The van der Waals surface area contributed by atoms with Crippen molar-refractivity contribution in [3.8, 4) is 17.0 Å². The van der Waals surface area contributed by atoms with Gasteiger partial charge in [0.05, 0.1) is 17.6 Å². The van der Waals surface area contributed by atoms with Crippen LogP contribution < -0.4 is 9.46 Å². The van der Waals surface area contributed by atoms with Crippen LogP contribution in [0.1, 0.15) is 18.4 Å². The molecule has 9 heteroatoms. The van der Waals surface area contributed by atoms with Crippen LogP contribution >= 0.6 is 23.7 Å². The third-order valence-electron chi connectivity index (χ3n) is 4.41. The van der Waals surface area contributed by atoms with Crippen LogP contribution in [-0.4, -0.2) is 23.1 Å². The number of nitrogens with one attached hydrogen (secondary N) is 1. The molecule has 2 aromatic carbocycles. The van der Waals surface area contributed by atoms with Crippen molar-refractivity contribution in [3.63, 3.8) is 0 Å². The number of ether oxygens (including phenoxy) is 1. The summed E-state index contributed by atoms with van der Waals surface area (Å²) in [6.07, 6.45) is 1.17. The van der Waals surface area contributed by atoms with Crippen molar-refractivity contribution in [3.05, 3.63) is 60.4 Å². The summed E-state index contributed by atoms with van der Waals surface area (Å²) in [5, 5.41) is 0.619. The third-order valence-corrected chi connectivity index (χ3v) is 6.40. The summed E-state index contributed by atoms with van der Waals surface area (Å²) in [7, 11) is 1.63. The number of rotatable bonds is 7. The molecule has 1 saturated carbocycles. The fourth-order valence-electron chi connectivity index (χ4n) is 2.67. The first-order chi connectivity index (χ1) is 14.4. The van der Waals surface area contributed by atoms with Crippen LogP contribution in [0, 0.1) is 0 Å². The molecule has 0 aliphatic heterocycles. The van der Waals surface area contributed by atoms with Gasteiger partial charge in [0.1, 0.15) is 16.5 Å². The van der Waals surface area contributed by atoms with E-state index in [0.29, 0.717) is 21.7 Å². The minimum Gasteiger partial charge on any atom is -0.496 e. The van der Waals surface area contributed by atoms with Crippen LogP contribution in [-0.2, 0) is 6.18 Å². The molecular formula is C21H18F3N3OS2. The number of halogens is 3. The van der Waals surface area contributed by atoms with E-state index in [-0.39, 0.29) is 0 Å². The summed E-state index contributed by atoms with van der Waals surface area (Å²) in [6, 6.07) is 11.3. The zero-order valence-electron chi connectivity index (χ0n) is 15.9. The minimum absolute atomic E-state index is 0.533. The smallest absolute Gasteiger partial charge is 0.416 e. The van der Waals surface area contributed by atoms with Crippen molar-refractivity contribution < 1.29 is 17.9 Å². The van der Waals surface area contributed by atoms with Crippen LogP contribution in [0.2, 0.25) is 0 Å². The van der Waals surface area contributed by atoms with E-state index in [4.69, 9.17) is 4.74 Å². The molecule has 1 aromatic heterocycles. The van der Waals surface area contributed by atoms with E-state index in [1.807, 2.05) is 18.2 Å². The zero-order chi connectivity index (χ0) is 21.1. The molecular weight excluding hydrogens is 431 g/mol. The lowest BCUT2D eigenvalue weighted by Gasteiger charge is -2.12. The maximum atomic E-state index is 12.8. The predicted octanol–water partition coefficient (Wildman–Crippen LogP) is 6.08. The normalized spacial score (nSPS) is 14.0. The molecule has 1 heterocycles. The van der Waals surface area contributed by atoms with Gasteiger partial charge < -0.3 is 4.74 Å². The van der Waals surface area contributed by atoms with Crippen LogP contribution in [0.15, 0.2) is 69.7 Å². The minimum atomic E-state index is -4.35. The lowest BCUT2D eigenvalue weighted by molar-refractivity contribution is -0.137. The molecule has 0 bridgehead atoms. The van der Waals surface area contributed by atoms with Crippen LogP contribution in [0.3, 0.4) is 0 Å². The average molecular weight is 450 g/mol. The fourth-order valence-corrected chi connectivity index (χ4v) is 4.52. The van der Waals surface area contributed by atoms with Crippen molar-refractivity contribution in [1.82, 2.24) is 14.7 Å². The number of methoxy groups -OCH3 is 1. The highest BCUT2D eigenvalue weighted by Crippen LogP contribution is 2.38. The Bertz CT molecular complexity index is 1020. The van der Waals surface area contributed by atoms with E-state index < -0.39 is 11.7 Å². The van der Waals surface area contributed by atoms with Crippen LogP contribution in [0.25, 0.3) is 11.3 Å². The molecule has 4 nitrogen and oxygen atoms in total. The Kier molecular flexibility index (Phi) is 6.21. The maximum absolute atomic E-state index is 12.8. The van der Waals surface area contributed by atoms with Gasteiger partial charge in [-0.25, -0.2) is 4.98 Å². The molecule has 4 rings (SSSR count). The monoisotopic (exact) mass is 449 g/mol. The number of alkyl halides is 3. The standard InChI is InChI=1S/C21H18F3N3OS2/c1-28-17-9-2-13(12-18(17)30-27-15-5-6-15)19-20(26-11-10-25-19)29-16-7-3-14(4-8-16)21(22,23)24/h2-4,7-12,15,27H,5-6H2,1H3. The topological polar surface area (TPSA) is 47.0 Å². The summed E-state index contributed by atoms with van der Waals surface area (Å²) >= 11 is 2.81. The highest BCUT2D eigenvalue weighted by atomic mass is 32.2. The summed E-state index contributed by atoms with van der Waals surface area (Å²) in [5.74, 6) is 0.762. The Hall–Kier alpha value is -2.23. The molecule has 1 aliphatic carbocycles. The lowest BCUT2D eigenvalue weighted by Crippen LogP contribution is -2.05. The number of aromatic nitrogens is 2. The van der Waals surface area contributed by atoms with E-state index in [1.54, 1.807) is 19.5 Å². The molecule has 0 radical (unpaired) electrons. The van der Waals surface area contributed by atoms with Crippen molar-refractivity contribution in [2.45, 2.75) is 39.9 Å². The van der Waals surface area contributed by atoms with Gasteiger partial charge in [0.25, 0.3) is 0 Å². The predicted molar refractivity (Wildman–Crippen MR) is 112 cm³/mol. The van der Waals surface area contributed by atoms with Crippen molar-refractivity contribution in [2.75, 3.05) is 7.11 Å². The largest absolute Gasteiger partial charge is 0.496 e. The number of nitrogens with zero attached hydrogens (tertiary/aromatic N) is 2. The van der Waals surface area contributed by atoms with Gasteiger partial charge in [-0.3, -0.25) is 9.71 Å². The Morgan fingerprint density at radius 3 is 2.43 bits per heavy atom. The summed E-state index contributed by atoms with van der Waals surface area (Å²) in [5.41, 5.74) is 0.850. The molecule has 0 spiro atoms. The molecule has 1 aliphatic rings. The second kappa shape index (κ2) is 8.87. The van der Waals surface area contributed by atoms with Gasteiger partial charge in [-0.1, -0.05) is 11.8 Å². The zero-order valence-corrected chi connectivity index (χ0v) is 17.6. The molecule has 156 valence electrons. The first-order valence-electron chi connectivity index (χ1n) is 9.21. The van der Waals surface area contributed by atoms with Gasteiger partial charge in [-0.05, 0) is 67.3 Å². The summed E-state index contributed by atoms with van der Waals surface area (Å²) in [4.78, 5) is 10.5. The van der Waals surface area contributed by atoms with Gasteiger partial charge in [0, 0.05) is 28.9 Å². The number of hydrogen-bond donors (Lipinski definition) is 1. The van der Waals surface area contributed by atoms with E-state index in [1.165, 1.54) is 48.7 Å². The number of hydrogen-bond acceptors (Lipinski definition) is 6. The SMILES string of the molecule is COc1ccc(-c2nccnc2Sc2ccc(C(F)(F)F)cc2)cc1SNC1CC1. The van der Waals surface area contributed by atoms with Gasteiger partial charge in [0.2, 0.25) is 0 Å². The highest BCUT2D eigenvalue weighted by Gasteiger charge is 2.30. The Morgan fingerprint density at radius 1 is 1.03 bits per heavy atom. The number of benzene rings is 2.